The van der Waals surface area contributed by atoms with Crippen molar-refractivity contribution in [1.82, 2.24) is 5.32 Å². The molecule has 7 nitrogen and oxygen atoms in total. The Labute approximate surface area is 157 Å². The number of nitrogens with one attached hydrogen (secondary N) is 1. The molecule has 2 amide bonds. The van der Waals surface area contributed by atoms with E-state index in [2.05, 4.69) is 5.32 Å². The Kier molecular flexibility index (Phi) is 7.37. The summed E-state index contributed by atoms with van der Waals surface area (Å²) in [5.74, 6) is -1.05. The highest BCUT2D eigenvalue weighted by Crippen LogP contribution is 2.28. The van der Waals surface area contributed by atoms with Crippen LogP contribution < -0.4 is 14.8 Å². The maximum Gasteiger partial charge on any atom is 0.338 e. The molecule has 0 aliphatic rings. The number of benzene rings is 2. The maximum absolute atomic E-state index is 12.1. The third-order valence-electron chi connectivity index (χ3n) is 3.40. The number of carbonyl (C=O) groups excluding carboxylic acids is 3. The van der Waals surface area contributed by atoms with Crippen LogP contribution in [0, 0.1) is 0 Å². The molecule has 0 heterocycles. The molecular formula is C20H21NO6. The molecule has 27 heavy (non-hydrogen) atoms. The zero-order valence-electron chi connectivity index (χ0n) is 15.2. The molecule has 0 aliphatic carbocycles. The Bertz CT molecular complexity index is 803. The van der Waals surface area contributed by atoms with E-state index in [4.69, 9.17) is 14.2 Å². The van der Waals surface area contributed by atoms with E-state index >= 15 is 0 Å². The summed E-state index contributed by atoms with van der Waals surface area (Å²) >= 11 is 0. The third kappa shape index (κ3) is 5.85. The van der Waals surface area contributed by atoms with Crippen LogP contribution in [0.3, 0.4) is 0 Å². The minimum Gasteiger partial charge on any atom is -0.490 e. The van der Waals surface area contributed by atoms with Gasteiger partial charge in [-0.1, -0.05) is 18.2 Å². The summed E-state index contributed by atoms with van der Waals surface area (Å²) in [4.78, 5) is 35.8. The fourth-order valence-electron chi connectivity index (χ4n) is 2.22. The zero-order chi connectivity index (χ0) is 19.6. The number of imide groups is 1. The summed E-state index contributed by atoms with van der Waals surface area (Å²) in [6, 6.07) is 12.9. The Morgan fingerprint density at radius 3 is 2.19 bits per heavy atom. The van der Waals surface area contributed by atoms with E-state index in [-0.39, 0.29) is 5.56 Å². The molecule has 0 aromatic heterocycles. The second kappa shape index (κ2) is 9.96. The summed E-state index contributed by atoms with van der Waals surface area (Å²) in [7, 11) is 0. The van der Waals surface area contributed by atoms with Crippen LogP contribution in [0.4, 0.5) is 0 Å². The molecule has 0 saturated carbocycles. The summed E-state index contributed by atoms with van der Waals surface area (Å²) in [6.45, 7) is 3.94. The lowest BCUT2D eigenvalue weighted by Crippen LogP contribution is -2.34. The molecule has 142 valence electrons. The minimum atomic E-state index is -0.715. The van der Waals surface area contributed by atoms with E-state index < -0.39 is 24.4 Å². The molecule has 0 saturated heterocycles. The van der Waals surface area contributed by atoms with Gasteiger partial charge < -0.3 is 14.2 Å². The van der Waals surface area contributed by atoms with Gasteiger partial charge in [0.25, 0.3) is 11.8 Å². The molecule has 0 radical (unpaired) electrons. The van der Waals surface area contributed by atoms with Gasteiger partial charge in [-0.2, -0.15) is 0 Å². The Morgan fingerprint density at radius 2 is 1.52 bits per heavy atom. The fourth-order valence-corrected chi connectivity index (χ4v) is 2.22. The first-order chi connectivity index (χ1) is 13.0. The van der Waals surface area contributed by atoms with E-state index in [0.717, 1.165) is 0 Å². The van der Waals surface area contributed by atoms with Gasteiger partial charge in [-0.3, -0.25) is 14.9 Å². The summed E-state index contributed by atoms with van der Waals surface area (Å²) in [6.07, 6.45) is 0. The number of amides is 2. The minimum absolute atomic E-state index is 0.212. The zero-order valence-corrected chi connectivity index (χ0v) is 15.2. The number of hydrogen-bond donors (Lipinski definition) is 1. The topological polar surface area (TPSA) is 90.9 Å². The average molecular weight is 371 g/mol. The number of esters is 1. The third-order valence-corrected chi connectivity index (χ3v) is 3.40. The Balaban J connectivity index is 1.93. The van der Waals surface area contributed by atoms with Crippen LogP contribution in [0.2, 0.25) is 0 Å². The van der Waals surface area contributed by atoms with Crippen LogP contribution in [0.15, 0.2) is 48.5 Å². The highest BCUT2D eigenvalue weighted by molar-refractivity contribution is 6.05. The molecule has 0 spiro atoms. The fraction of sp³-hybridized carbons (Fsp3) is 0.250. The predicted octanol–water partition coefficient (Wildman–Crippen LogP) is 2.60. The molecule has 0 fully saturated rings. The van der Waals surface area contributed by atoms with E-state index in [1.54, 1.807) is 36.4 Å². The van der Waals surface area contributed by atoms with E-state index in [0.29, 0.717) is 30.3 Å². The first kappa shape index (κ1) is 20.0. The first-order valence-corrected chi connectivity index (χ1v) is 8.51. The van der Waals surface area contributed by atoms with Crippen LogP contribution in [0.5, 0.6) is 11.5 Å². The van der Waals surface area contributed by atoms with Crippen LogP contribution >= 0.6 is 0 Å². The Morgan fingerprint density at radius 1 is 0.852 bits per heavy atom. The lowest BCUT2D eigenvalue weighted by Gasteiger charge is -2.12. The molecule has 7 heteroatoms. The van der Waals surface area contributed by atoms with Crippen molar-refractivity contribution in [2.75, 3.05) is 19.8 Å². The number of rotatable bonds is 8. The van der Waals surface area contributed by atoms with Gasteiger partial charge in [-0.05, 0) is 44.2 Å². The van der Waals surface area contributed by atoms with Crippen molar-refractivity contribution in [3.63, 3.8) is 0 Å². The van der Waals surface area contributed by atoms with Gasteiger partial charge in [0.05, 0.1) is 18.8 Å². The molecule has 0 unspecified atom stereocenters. The predicted molar refractivity (Wildman–Crippen MR) is 98.0 cm³/mol. The lowest BCUT2D eigenvalue weighted by molar-refractivity contribution is -0.123. The molecule has 2 aromatic rings. The van der Waals surface area contributed by atoms with Crippen LogP contribution in [0.1, 0.15) is 34.6 Å². The van der Waals surface area contributed by atoms with Gasteiger partial charge in [0.15, 0.2) is 18.1 Å². The van der Waals surface area contributed by atoms with Crippen molar-refractivity contribution in [3.8, 4) is 11.5 Å². The highest BCUT2D eigenvalue weighted by Gasteiger charge is 2.16. The normalized spacial score (nSPS) is 10.0. The van der Waals surface area contributed by atoms with Gasteiger partial charge in [0, 0.05) is 5.56 Å². The quantitative estimate of drug-likeness (QED) is 0.717. The van der Waals surface area contributed by atoms with Gasteiger partial charge in [-0.25, -0.2) is 4.79 Å². The molecule has 1 N–H and O–H groups in total. The number of hydrogen-bond acceptors (Lipinski definition) is 6. The average Bonchev–Trinajstić information content (AvgIpc) is 2.68. The van der Waals surface area contributed by atoms with Gasteiger partial charge in [0.1, 0.15) is 0 Å². The van der Waals surface area contributed by atoms with Crippen LogP contribution in [0.25, 0.3) is 0 Å². The van der Waals surface area contributed by atoms with E-state index in [9.17, 15) is 14.4 Å². The molecular weight excluding hydrogens is 350 g/mol. The second-order valence-electron chi connectivity index (χ2n) is 5.35. The van der Waals surface area contributed by atoms with Gasteiger partial charge in [-0.15, -0.1) is 0 Å². The summed E-state index contributed by atoms with van der Waals surface area (Å²) < 4.78 is 15.8. The molecule has 0 atom stereocenters. The van der Waals surface area contributed by atoms with E-state index in [1.165, 1.54) is 12.1 Å². The molecule has 0 aliphatic heterocycles. The standard InChI is InChI=1S/C20H21NO6/c1-3-25-16-11-10-15(12-17(16)26-4-2)20(24)27-13-18(22)21-19(23)14-8-6-5-7-9-14/h5-12H,3-4,13H2,1-2H3,(H,21,22,23). The highest BCUT2D eigenvalue weighted by atomic mass is 16.5. The monoisotopic (exact) mass is 371 g/mol. The van der Waals surface area contributed by atoms with Crippen molar-refractivity contribution in [1.29, 1.82) is 0 Å². The van der Waals surface area contributed by atoms with Gasteiger partial charge in [0.2, 0.25) is 0 Å². The van der Waals surface area contributed by atoms with Crippen LogP contribution in [-0.2, 0) is 9.53 Å². The van der Waals surface area contributed by atoms with E-state index in [1.807, 2.05) is 13.8 Å². The summed E-state index contributed by atoms with van der Waals surface area (Å²) in [5.41, 5.74) is 0.550. The summed E-state index contributed by atoms with van der Waals surface area (Å²) in [5, 5.41) is 2.16. The molecule has 2 rings (SSSR count). The van der Waals surface area contributed by atoms with Crippen molar-refractivity contribution in [2.45, 2.75) is 13.8 Å². The molecule has 0 bridgehead atoms. The van der Waals surface area contributed by atoms with Gasteiger partial charge >= 0.3 is 5.97 Å². The van der Waals surface area contributed by atoms with Crippen molar-refractivity contribution in [2.24, 2.45) is 0 Å². The lowest BCUT2D eigenvalue weighted by atomic mass is 10.2. The van der Waals surface area contributed by atoms with Crippen molar-refractivity contribution >= 4 is 17.8 Å². The smallest absolute Gasteiger partial charge is 0.338 e. The largest absolute Gasteiger partial charge is 0.490 e. The number of carbonyl (C=O) groups is 3. The maximum atomic E-state index is 12.1. The SMILES string of the molecule is CCOc1ccc(C(=O)OCC(=O)NC(=O)c2ccccc2)cc1OCC. The van der Waals surface area contributed by atoms with Crippen molar-refractivity contribution in [3.05, 3.63) is 59.7 Å². The number of ether oxygens (including phenoxy) is 3. The van der Waals surface area contributed by atoms with Crippen LogP contribution in [-0.4, -0.2) is 37.6 Å². The molecule has 2 aromatic carbocycles. The Hall–Kier alpha value is -3.35. The second-order valence-corrected chi connectivity index (χ2v) is 5.35. The van der Waals surface area contributed by atoms with Crippen molar-refractivity contribution < 1.29 is 28.6 Å². The first-order valence-electron chi connectivity index (χ1n) is 8.51.